The molecule has 1 rings (SSSR count). The Bertz CT molecular complexity index is 327. The molecule has 1 N–H and O–H groups in total. The van der Waals surface area contributed by atoms with Crippen molar-refractivity contribution >= 4 is 17.5 Å². The minimum atomic E-state index is -0.0862. The molecule has 16 heavy (non-hydrogen) atoms. The van der Waals surface area contributed by atoms with Crippen molar-refractivity contribution in [1.29, 1.82) is 0 Å². The lowest BCUT2D eigenvalue weighted by Crippen LogP contribution is -2.38. The molecule has 0 fully saturated rings. The maximum Gasteiger partial charge on any atom is 0.253 e. The molecular weight excluding hydrogens is 224 g/mol. The monoisotopic (exact) mass is 240 g/mol. The summed E-state index contributed by atoms with van der Waals surface area (Å²) < 4.78 is 0. The molecule has 0 aromatic carbocycles. The van der Waals surface area contributed by atoms with E-state index in [1.165, 1.54) is 0 Å². The standard InChI is InChI=1S/C12H17ClN2O/c1-9(2)11(5-6-13)15-12(16)10-4-3-7-14-8-10/h3-4,7-9,11H,5-6H2,1-2H3,(H,15,16). The largest absolute Gasteiger partial charge is 0.349 e. The third kappa shape index (κ3) is 3.81. The number of hydrogen-bond acceptors (Lipinski definition) is 2. The van der Waals surface area contributed by atoms with E-state index in [1.807, 2.05) is 0 Å². The van der Waals surface area contributed by atoms with E-state index in [1.54, 1.807) is 24.5 Å². The van der Waals surface area contributed by atoms with Gasteiger partial charge in [0.25, 0.3) is 5.91 Å². The zero-order valence-electron chi connectivity index (χ0n) is 9.61. The third-order valence-corrected chi connectivity index (χ3v) is 2.68. The van der Waals surface area contributed by atoms with E-state index in [0.29, 0.717) is 17.4 Å². The summed E-state index contributed by atoms with van der Waals surface area (Å²) in [5.41, 5.74) is 0.586. The van der Waals surface area contributed by atoms with Crippen molar-refractivity contribution in [2.75, 3.05) is 5.88 Å². The molecule has 1 atom stereocenters. The maximum atomic E-state index is 11.8. The molecule has 0 aliphatic heterocycles. The van der Waals surface area contributed by atoms with Crippen LogP contribution in [0, 0.1) is 5.92 Å². The lowest BCUT2D eigenvalue weighted by Gasteiger charge is -2.21. The summed E-state index contributed by atoms with van der Waals surface area (Å²) in [6, 6.07) is 3.62. The second kappa shape index (κ2) is 6.48. The summed E-state index contributed by atoms with van der Waals surface area (Å²) in [5.74, 6) is 0.840. The van der Waals surface area contributed by atoms with Crippen LogP contribution in [-0.4, -0.2) is 22.8 Å². The quantitative estimate of drug-likeness (QED) is 0.804. The Kier molecular flexibility index (Phi) is 5.26. The van der Waals surface area contributed by atoms with Gasteiger partial charge in [-0.25, -0.2) is 0 Å². The predicted octanol–water partition coefficient (Wildman–Crippen LogP) is 2.46. The van der Waals surface area contributed by atoms with E-state index in [0.717, 1.165) is 6.42 Å². The predicted molar refractivity (Wildman–Crippen MR) is 65.7 cm³/mol. The number of carbonyl (C=O) groups excluding carboxylic acids is 1. The Labute approximate surface area is 101 Å². The van der Waals surface area contributed by atoms with Crippen molar-refractivity contribution < 1.29 is 4.79 Å². The minimum Gasteiger partial charge on any atom is -0.349 e. The van der Waals surface area contributed by atoms with Crippen molar-refractivity contribution in [3.05, 3.63) is 30.1 Å². The van der Waals surface area contributed by atoms with Crippen molar-refractivity contribution in [2.24, 2.45) is 5.92 Å². The first-order valence-corrected chi connectivity index (χ1v) is 5.95. The van der Waals surface area contributed by atoms with Crippen molar-refractivity contribution in [3.8, 4) is 0 Å². The summed E-state index contributed by atoms with van der Waals surface area (Å²) in [6.45, 7) is 4.14. The second-order valence-electron chi connectivity index (χ2n) is 4.04. The molecule has 1 amide bonds. The smallest absolute Gasteiger partial charge is 0.253 e. The van der Waals surface area contributed by atoms with E-state index in [-0.39, 0.29) is 11.9 Å². The SMILES string of the molecule is CC(C)C(CCCl)NC(=O)c1cccnc1. The minimum absolute atomic E-state index is 0.0862. The lowest BCUT2D eigenvalue weighted by molar-refractivity contribution is 0.0924. The summed E-state index contributed by atoms with van der Waals surface area (Å²) in [4.78, 5) is 15.8. The summed E-state index contributed by atoms with van der Waals surface area (Å²) >= 11 is 5.71. The summed E-state index contributed by atoms with van der Waals surface area (Å²) in [6.07, 6.45) is 3.99. The molecule has 88 valence electrons. The van der Waals surface area contributed by atoms with E-state index >= 15 is 0 Å². The number of nitrogens with zero attached hydrogens (tertiary/aromatic N) is 1. The van der Waals surface area contributed by atoms with Crippen molar-refractivity contribution in [3.63, 3.8) is 0 Å². The molecule has 0 radical (unpaired) electrons. The van der Waals surface area contributed by atoms with Crippen LogP contribution in [0.25, 0.3) is 0 Å². The fourth-order valence-electron chi connectivity index (χ4n) is 1.44. The molecule has 1 aromatic heterocycles. The van der Waals surface area contributed by atoms with Gasteiger partial charge >= 0.3 is 0 Å². The number of pyridine rings is 1. The number of amides is 1. The van der Waals surface area contributed by atoms with Gasteiger partial charge in [-0.1, -0.05) is 13.8 Å². The average molecular weight is 241 g/mol. The number of hydrogen-bond donors (Lipinski definition) is 1. The molecule has 0 saturated carbocycles. The number of nitrogens with one attached hydrogen (secondary N) is 1. The second-order valence-corrected chi connectivity index (χ2v) is 4.42. The van der Waals surface area contributed by atoms with Gasteiger partial charge in [-0.3, -0.25) is 9.78 Å². The maximum absolute atomic E-state index is 11.8. The molecule has 1 aromatic rings. The molecule has 1 unspecified atom stereocenters. The normalized spacial score (nSPS) is 12.5. The van der Waals surface area contributed by atoms with Gasteiger partial charge in [0.05, 0.1) is 5.56 Å². The van der Waals surface area contributed by atoms with E-state index in [9.17, 15) is 4.79 Å². The number of carbonyl (C=O) groups is 1. The highest BCUT2D eigenvalue weighted by Crippen LogP contribution is 2.08. The topological polar surface area (TPSA) is 42.0 Å². The van der Waals surface area contributed by atoms with E-state index in [2.05, 4.69) is 24.1 Å². The highest BCUT2D eigenvalue weighted by atomic mass is 35.5. The third-order valence-electron chi connectivity index (χ3n) is 2.47. The first kappa shape index (κ1) is 13.0. The van der Waals surface area contributed by atoms with Gasteiger partial charge in [-0.2, -0.15) is 0 Å². The number of alkyl halides is 1. The molecular formula is C12H17ClN2O. The van der Waals surface area contributed by atoms with Crippen LogP contribution in [0.5, 0.6) is 0 Å². The average Bonchev–Trinajstić information content (AvgIpc) is 2.29. The van der Waals surface area contributed by atoms with Gasteiger partial charge in [0.2, 0.25) is 0 Å². The van der Waals surface area contributed by atoms with Gasteiger partial charge in [0, 0.05) is 24.3 Å². The first-order valence-electron chi connectivity index (χ1n) is 5.42. The zero-order valence-corrected chi connectivity index (χ0v) is 10.4. The Morgan fingerprint density at radius 1 is 1.56 bits per heavy atom. The van der Waals surface area contributed by atoms with Crippen LogP contribution in [0.15, 0.2) is 24.5 Å². The Morgan fingerprint density at radius 2 is 2.31 bits per heavy atom. The fourth-order valence-corrected chi connectivity index (χ4v) is 1.67. The molecule has 0 aliphatic rings. The van der Waals surface area contributed by atoms with Crippen LogP contribution in [0.2, 0.25) is 0 Å². The van der Waals surface area contributed by atoms with Gasteiger partial charge in [-0.15, -0.1) is 11.6 Å². The molecule has 0 spiro atoms. The molecule has 3 nitrogen and oxygen atoms in total. The molecule has 1 heterocycles. The van der Waals surface area contributed by atoms with Crippen LogP contribution in [0.3, 0.4) is 0 Å². The first-order chi connectivity index (χ1) is 7.65. The van der Waals surface area contributed by atoms with Crippen molar-refractivity contribution in [1.82, 2.24) is 10.3 Å². The molecule has 4 heteroatoms. The number of rotatable bonds is 5. The van der Waals surface area contributed by atoms with Gasteiger partial charge in [0.15, 0.2) is 0 Å². The van der Waals surface area contributed by atoms with Crippen LogP contribution < -0.4 is 5.32 Å². The Hall–Kier alpha value is -1.09. The van der Waals surface area contributed by atoms with Crippen LogP contribution in [-0.2, 0) is 0 Å². The zero-order chi connectivity index (χ0) is 12.0. The fraction of sp³-hybridized carbons (Fsp3) is 0.500. The summed E-state index contributed by atoms with van der Waals surface area (Å²) in [5, 5.41) is 2.97. The highest BCUT2D eigenvalue weighted by Gasteiger charge is 2.16. The number of halogens is 1. The Morgan fingerprint density at radius 3 is 2.81 bits per heavy atom. The van der Waals surface area contributed by atoms with E-state index < -0.39 is 0 Å². The van der Waals surface area contributed by atoms with Crippen LogP contribution >= 0.6 is 11.6 Å². The Balaban J connectivity index is 2.62. The van der Waals surface area contributed by atoms with Crippen LogP contribution in [0.1, 0.15) is 30.6 Å². The molecule has 0 saturated heterocycles. The lowest BCUT2D eigenvalue weighted by atomic mass is 10.0. The van der Waals surface area contributed by atoms with Gasteiger partial charge in [-0.05, 0) is 24.5 Å². The van der Waals surface area contributed by atoms with Gasteiger partial charge in [0.1, 0.15) is 0 Å². The van der Waals surface area contributed by atoms with Crippen LogP contribution in [0.4, 0.5) is 0 Å². The van der Waals surface area contributed by atoms with Crippen molar-refractivity contribution in [2.45, 2.75) is 26.3 Å². The highest BCUT2D eigenvalue weighted by molar-refractivity contribution is 6.17. The number of aromatic nitrogens is 1. The molecule has 0 bridgehead atoms. The van der Waals surface area contributed by atoms with E-state index in [4.69, 9.17) is 11.6 Å². The van der Waals surface area contributed by atoms with Gasteiger partial charge < -0.3 is 5.32 Å². The molecule has 0 aliphatic carbocycles. The summed E-state index contributed by atoms with van der Waals surface area (Å²) in [7, 11) is 0.